The van der Waals surface area contributed by atoms with Crippen molar-refractivity contribution in [2.24, 2.45) is 11.8 Å². The van der Waals surface area contributed by atoms with Crippen molar-refractivity contribution in [2.75, 3.05) is 0 Å². The molecule has 0 radical (unpaired) electrons. The highest BCUT2D eigenvalue weighted by Gasteiger charge is 2.26. The van der Waals surface area contributed by atoms with Crippen molar-refractivity contribution >= 4 is 17.6 Å². The van der Waals surface area contributed by atoms with Gasteiger partial charge in [0, 0.05) is 0 Å². The summed E-state index contributed by atoms with van der Waals surface area (Å²) in [5.74, 6) is 1.27. The molecular formula is C12H21ClO2. The van der Waals surface area contributed by atoms with E-state index in [4.69, 9.17) is 16.3 Å². The van der Waals surface area contributed by atoms with Crippen molar-refractivity contribution < 1.29 is 9.53 Å². The van der Waals surface area contributed by atoms with Crippen LogP contribution in [0.2, 0.25) is 0 Å². The van der Waals surface area contributed by atoms with Gasteiger partial charge in [-0.2, -0.15) is 0 Å². The lowest BCUT2D eigenvalue weighted by molar-refractivity contribution is -0.150. The van der Waals surface area contributed by atoms with Crippen LogP contribution in [-0.2, 0) is 9.53 Å². The van der Waals surface area contributed by atoms with Crippen molar-refractivity contribution in [3.05, 3.63) is 0 Å². The molecule has 0 aliphatic heterocycles. The Balaban J connectivity index is 2.29. The molecule has 0 amide bonds. The summed E-state index contributed by atoms with van der Waals surface area (Å²) in [5.41, 5.74) is 0. The number of esters is 1. The molecule has 0 saturated heterocycles. The third-order valence-electron chi connectivity index (χ3n) is 3.27. The first-order valence-electron chi connectivity index (χ1n) is 5.85. The minimum Gasteiger partial charge on any atom is -0.461 e. The first-order chi connectivity index (χ1) is 7.00. The molecule has 1 atom stereocenters. The third kappa shape index (κ3) is 4.02. The monoisotopic (exact) mass is 232 g/mol. The molecule has 1 saturated carbocycles. The molecule has 15 heavy (non-hydrogen) atoms. The van der Waals surface area contributed by atoms with E-state index in [0.717, 1.165) is 24.7 Å². The molecule has 1 rings (SSSR count). The Morgan fingerprint density at radius 1 is 1.20 bits per heavy atom. The molecule has 1 aliphatic carbocycles. The van der Waals surface area contributed by atoms with Gasteiger partial charge in [-0.05, 0) is 44.4 Å². The summed E-state index contributed by atoms with van der Waals surface area (Å²) in [6.07, 6.45) is 4.45. The first kappa shape index (κ1) is 12.8. The van der Waals surface area contributed by atoms with Crippen LogP contribution in [0, 0.1) is 11.8 Å². The van der Waals surface area contributed by atoms with Crippen molar-refractivity contribution in [3.63, 3.8) is 0 Å². The second kappa shape index (κ2) is 5.74. The van der Waals surface area contributed by atoms with Crippen LogP contribution in [0.5, 0.6) is 0 Å². The molecule has 0 N–H and O–H groups in total. The lowest BCUT2D eigenvalue weighted by atomic mass is 9.80. The van der Waals surface area contributed by atoms with Gasteiger partial charge in [-0.1, -0.05) is 13.8 Å². The smallest absolute Gasteiger partial charge is 0.324 e. The van der Waals surface area contributed by atoms with E-state index in [0.29, 0.717) is 0 Å². The maximum absolute atomic E-state index is 11.3. The summed E-state index contributed by atoms with van der Waals surface area (Å²) in [6.45, 7) is 6.18. The number of carbonyl (C=O) groups excluding carboxylic acids is 1. The number of halogens is 1. The Bertz CT molecular complexity index is 206. The molecule has 1 fully saturated rings. The zero-order valence-electron chi connectivity index (χ0n) is 9.83. The molecule has 0 heterocycles. The molecule has 1 unspecified atom stereocenters. The minimum absolute atomic E-state index is 0.105. The Morgan fingerprint density at radius 2 is 1.73 bits per heavy atom. The van der Waals surface area contributed by atoms with Gasteiger partial charge in [0.15, 0.2) is 0 Å². The van der Waals surface area contributed by atoms with E-state index in [1.165, 1.54) is 12.8 Å². The van der Waals surface area contributed by atoms with E-state index in [2.05, 4.69) is 13.8 Å². The normalized spacial score (nSPS) is 28.9. The van der Waals surface area contributed by atoms with Gasteiger partial charge in [-0.25, -0.2) is 0 Å². The van der Waals surface area contributed by atoms with Crippen molar-refractivity contribution in [1.29, 1.82) is 0 Å². The summed E-state index contributed by atoms with van der Waals surface area (Å²) in [5, 5.41) is -0.521. The summed E-state index contributed by atoms with van der Waals surface area (Å²) >= 11 is 5.65. The van der Waals surface area contributed by atoms with Crippen LogP contribution in [0.3, 0.4) is 0 Å². The van der Waals surface area contributed by atoms with Gasteiger partial charge in [0.2, 0.25) is 0 Å². The summed E-state index contributed by atoms with van der Waals surface area (Å²) in [4.78, 5) is 11.3. The number of hydrogen-bond acceptors (Lipinski definition) is 2. The number of ether oxygens (including phenoxy) is 1. The van der Waals surface area contributed by atoms with Crippen LogP contribution in [0.25, 0.3) is 0 Å². The maximum atomic E-state index is 11.3. The fraction of sp³-hybridized carbons (Fsp3) is 0.917. The van der Waals surface area contributed by atoms with Crippen LogP contribution in [0.4, 0.5) is 0 Å². The molecule has 0 spiro atoms. The zero-order chi connectivity index (χ0) is 11.4. The quantitative estimate of drug-likeness (QED) is 0.551. The topological polar surface area (TPSA) is 26.3 Å². The molecule has 0 bridgehead atoms. The second-order valence-corrected chi connectivity index (χ2v) is 5.49. The van der Waals surface area contributed by atoms with Gasteiger partial charge < -0.3 is 4.74 Å². The van der Waals surface area contributed by atoms with Crippen LogP contribution in [0.1, 0.15) is 46.5 Å². The standard InChI is InChI=1S/C12H21ClO2/c1-8(2)10-4-6-11(7-5-10)15-12(14)9(3)13/h8-11H,4-7H2,1-3H3. The summed E-state index contributed by atoms with van der Waals surface area (Å²) < 4.78 is 5.31. The van der Waals surface area contributed by atoms with E-state index in [1.807, 2.05) is 0 Å². The predicted octanol–water partition coefficient (Wildman–Crippen LogP) is 3.37. The lowest BCUT2D eigenvalue weighted by Crippen LogP contribution is -2.28. The van der Waals surface area contributed by atoms with E-state index < -0.39 is 5.38 Å². The molecule has 2 nitrogen and oxygen atoms in total. The number of alkyl halides is 1. The Hall–Kier alpha value is -0.240. The maximum Gasteiger partial charge on any atom is 0.324 e. The Morgan fingerprint density at radius 3 is 2.13 bits per heavy atom. The molecule has 88 valence electrons. The third-order valence-corrected chi connectivity index (χ3v) is 3.45. The van der Waals surface area contributed by atoms with E-state index in [1.54, 1.807) is 6.92 Å². The van der Waals surface area contributed by atoms with Crippen LogP contribution < -0.4 is 0 Å². The van der Waals surface area contributed by atoms with Crippen molar-refractivity contribution in [3.8, 4) is 0 Å². The van der Waals surface area contributed by atoms with Crippen molar-refractivity contribution in [1.82, 2.24) is 0 Å². The van der Waals surface area contributed by atoms with Crippen LogP contribution in [-0.4, -0.2) is 17.5 Å². The van der Waals surface area contributed by atoms with Crippen LogP contribution in [0.15, 0.2) is 0 Å². The Labute approximate surface area is 97.3 Å². The summed E-state index contributed by atoms with van der Waals surface area (Å²) in [7, 11) is 0. The van der Waals surface area contributed by atoms with E-state index in [9.17, 15) is 4.79 Å². The average molecular weight is 233 g/mol. The highest BCUT2D eigenvalue weighted by atomic mass is 35.5. The molecule has 0 aromatic carbocycles. The minimum atomic E-state index is -0.521. The molecule has 0 aromatic heterocycles. The number of hydrogen-bond donors (Lipinski definition) is 0. The fourth-order valence-electron chi connectivity index (χ4n) is 2.13. The fourth-order valence-corrected chi connectivity index (χ4v) is 2.18. The number of rotatable bonds is 3. The highest BCUT2D eigenvalue weighted by Crippen LogP contribution is 2.31. The predicted molar refractivity (Wildman–Crippen MR) is 62.0 cm³/mol. The average Bonchev–Trinajstić information content (AvgIpc) is 2.18. The van der Waals surface area contributed by atoms with Gasteiger partial charge in [-0.15, -0.1) is 11.6 Å². The van der Waals surface area contributed by atoms with Gasteiger partial charge in [-0.3, -0.25) is 4.79 Å². The molecule has 3 heteroatoms. The molecule has 0 aromatic rings. The second-order valence-electron chi connectivity index (χ2n) is 4.83. The van der Waals surface area contributed by atoms with Gasteiger partial charge in [0.1, 0.15) is 11.5 Å². The first-order valence-corrected chi connectivity index (χ1v) is 6.29. The van der Waals surface area contributed by atoms with E-state index >= 15 is 0 Å². The SMILES string of the molecule is CC(Cl)C(=O)OC1CCC(C(C)C)CC1. The van der Waals surface area contributed by atoms with Crippen molar-refractivity contribution in [2.45, 2.75) is 57.9 Å². The number of carbonyl (C=O) groups is 1. The van der Waals surface area contributed by atoms with Gasteiger partial charge in [0.25, 0.3) is 0 Å². The Kier molecular flexibility index (Phi) is 4.91. The lowest BCUT2D eigenvalue weighted by Gasteiger charge is -2.30. The van der Waals surface area contributed by atoms with Gasteiger partial charge >= 0.3 is 5.97 Å². The molecular weight excluding hydrogens is 212 g/mol. The largest absolute Gasteiger partial charge is 0.461 e. The van der Waals surface area contributed by atoms with Crippen LogP contribution >= 0.6 is 11.6 Å². The highest BCUT2D eigenvalue weighted by molar-refractivity contribution is 6.29. The zero-order valence-corrected chi connectivity index (χ0v) is 10.6. The van der Waals surface area contributed by atoms with E-state index in [-0.39, 0.29) is 12.1 Å². The molecule has 1 aliphatic rings. The van der Waals surface area contributed by atoms with Gasteiger partial charge in [0.05, 0.1) is 0 Å². The summed E-state index contributed by atoms with van der Waals surface area (Å²) in [6, 6.07) is 0.